The van der Waals surface area contributed by atoms with Gasteiger partial charge in [0, 0.05) is 23.7 Å². The summed E-state index contributed by atoms with van der Waals surface area (Å²) in [7, 11) is 0. The van der Waals surface area contributed by atoms with Crippen molar-refractivity contribution in [2.45, 2.75) is 45.1 Å². The summed E-state index contributed by atoms with van der Waals surface area (Å²) in [6.45, 7) is 2.78. The summed E-state index contributed by atoms with van der Waals surface area (Å²) in [4.78, 5) is 29.8. The number of nitrogens with zero attached hydrogens (tertiary/aromatic N) is 4. The molecule has 0 saturated heterocycles. The molecule has 1 amide bonds. The van der Waals surface area contributed by atoms with E-state index in [9.17, 15) is 4.79 Å². The summed E-state index contributed by atoms with van der Waals surface area (Å²) in [5, 5.41) is 3.66. The topological polar surface area (TPSA) is 89.9 Å². The van der Waals surface area contributed by atoms with Crippen LogP contribution in [0, 0.1) is 0 Å². The molecule has 1 aliphatic rings. The van der Waals surface area contributed by atoms with Crippen molar-refractivity contribution in [3.05, 3.63) is 48.2 Å². The van der Waals surface area contributed by atoms with Crippen molar-refractivity contribution < 1.29 is 9.53 Å². The second-order valence-corrected chi connectivity index (χ2v) is 7.01. The van der Waals surface area contributed by atoms with E-state index < -0.39 is 6.09 Å². The van der Waals surface area contributed by atoms with E-state index in [4.69, 9.17) is 14.7 Å². The Morgan fingerprint density at radius 2 is 2.07 bits per heavy atom. The molecule has 0 aliphatic heterocycles. The second-order valence-electron chi connectivity index (χ2n) is 7.01. The summed E-state index contributed by atoms with van der Waals surface area (Å²) in [6, 6.07) is 5.80. The van der Waals surface area contributed by atoms with Crippen LogP contribution in [0.1, 0.15) is 49.9 Å². The van der Waals surface area contributed by atoms with Gasteiger partial charge in [-0.2, -0.15) is 0 Å². The predicted molar refractivity (Wildman–Crippen MR) is 106 cm³/mol. The first-order chi connectivity index (χ1) is 13.7. The molecule has 7 heteroatoms. The summed E-state index contributed by atoms with van der Waals surface area (Å²) >= 11 is 0. The highest BCUT2D eigenvalue weighted by atomic mass is 16.5. The highest BCUT2D eigenvalue weighted by Gasteiger charge is 2.25. The van der Waals surface area contributed by atoms with Gasteiger partial charge in [0.15, 0.2) is 0 Å². The third-order valence-electron chi connectivity index (χ3n) is 4.69. The van der Waals surface area contributed by atoms with Crippen molar-refractivity contribution in [2.75, 3.05) is 6.61 Å². The molecule has 1 aliphatic carbocycles. The highest BCUT2D eigenvalue weighted by molar-refractivity contribution is 5.80. The standard InChI is InChI=1S/C21H23N5O2/c1-2-3-8-28-21(27)24-11-16-9-18-15(10-23-16)6-7-17(25-18)20-13-22-12-19(26-20)14-4-5-14/h6-7,9-10,12-14H,2-5,8,11H2,1H3,(H,24,27). The Kier molecular flexibility index (Phi) is 5.41. The number of alkyl carbamates (subject to hydrolysis) is 1. The lowest BCUT2D eigenvalue weighted by Crippen LogP contribution is -2.24. The van der Waals surface area contributed by atoms with E-state index >= 15 is 0 Å². The fourth-order valence-corrected chi connectivity index (χ4v) is 2.90. The van der Waals surface area contributed by atoms with Crippen molar-refractivity contribution >= 4 is 17.0 Å². The molecular formula is C21H23N5O2. The number of hydrogen-bond acceptors (Lipinski definition) is 6. The molecule has 4 rings (SSSR count). The quantitative estimate of drug-likeness (QED) is 0.626. The minimum atomic E-state index is -0.427. The maximum atomic E-state index is 11.7. The maximum Gasteiger partial charge on any atom is 0.407 e. The lowest BCUT2D eigenvalue weighted by molar-refractivity contribution is 0.144. The van der Waals surface area contributed by atoms with E-state index in [-0.39, 0.29) is 0 Å². The molecule has 28 heavy (non-hydrogen) atoms. The zero-order valence-electron chi connectivity index (χ0n) is 15.9. The van der Waals surface area contributed by atoms with Crippen molar-refractivity contribution in [1.29, 1.82) is 0 Å². The van der Waals surface area contributed by atoms with Crippen molar-refractivity contribution in [3.63, 3.8) is 0 Å². The Morgan fingerprint density at radius 1 is 1.18 bits per heavy atom. The summed E-state index contributed by atoms with van der Waals surface area (Å²) in [6.07, 6.45) is 9.15. The Labute approximate surface area is 163 Å². The monoisotopic (exact) mass is 377 g/mol. The van der Waals surface area contributed by atoms with Crippen LogP contribution in [0.5, 0.6) is 0 Å². The molecule has 3 aromatic heterocycles. The largest absolute Gasteiger partial charge is 0.450 e. The van der Waals surface area contributed by atoms with Crippen LogP contribution in [0.3, 0.4) is 0 Å². The van der Waals surface area contributed by atoms with Gasteiger partial charge in [-0.25, -0.2) is 14.8 Å². The molecular weight excluding hydrogens is 354 g/mol. The Bertz CT molecular complexity index is 987. The van der Waals surface area contributed by atoms with Gasteiger partial charge < -0.3 is 10.1 Å². The Morgan fingerprint density at radius 3 is 2.89 bits per heavy atom. The number of amides is 1. The van der Waals surface area contributed by atoms with Crippen molar-refractivity contribution in [2.24, 2.45) is 0 Å². The molecule has 0 radical (unpaired) electrons. The van der Waals surface area contributed by atoms with Crippen LogP contribution >= 0.6 is 0 Å². The first kappa shape index (κ1) is 18.3. The number of pyridine rings is 2. The lowest BCUT2D eigenvalue weighted by Gasteiger charge is -2.08. The zero-order chi connectivity index (χ0) is 19.3. The fourth-order valence-electron chi connectivity index (χ4n) is 2.90. The third-order valence-corrected chi connectivity index (χ3v) is 4.69. The number of hydrogen-bond donors (Lipinski definition) is 1. The molecule has 0 spiro atoms. The van der Waals surface area contributed by atoms with Gasteiger partial charge in [-0.05, 0) is 37.5 Å². The van der Waals surface area contributed by atoms with Gasteiger partial charge in [-0.15, -0.1) is 0 Å². The van der Waals surface area contributed by atoms with Gasteiger partial charge in [-0.3, -0.25) is 9.97 Å². The Hall–Kier alpha value is -3.09. The first-order valence-corrected chi connectivity index (χ1v) is 9.71. The van der Waals surface area contributed by atoms with Crippen LogP contribution in [0.15, 0.2) is 36.8 Å². The number of fused-ring (bicyclic) bond motifs is 1. The van der Waals surface area contributed by atoms with E-state index in [1.807, 2.05) is 24.4 Å². The van der Waals surface area contributed by atoms with Crippen LogP contribution in [0.2, 0.25) is 0 Å². The average Bonchev–Trinajstić information content (AvgIpc) is 3.57. The van der Waals surface area contributed by atoms with Crippen molar-refractivity contribution in [1.82, 2.24) is 25.3 Å². The number of carbonyl (C=O) groups excluding carboxylic acids is 1. The summed E-state index contributed by atoms with van der Waals surface area (Å²) in [5.41, 5.74) is 4.14. The minimum Gasteiger partial charge on any atom is -0.450 e. The van der Waals surface area contributed by atoms with Crippen LogP contribution in [-0.2, 0) is 11.3 Å². The molecule has 0 unspecified atom stereocenters. The number of rotatable bonds is 7. The maximum absolute atomic E-state index is 11.7. The molecule has 7 nitrogen and oxygen atoms in total. The molecule has 0 atom stereocenters. The number of nitrogens with one attached hydrogen (secondary N) is 1. The smallest absolute Gasteiger partial charge is 0.407 e. The number of ether oxygens (including phenoxy) is 1. The number of aromatic nitrogens is 4. The molecule has 1 fully saturated rings. The van der Waals surface area contributed by atoms with Gasteiger partial charge in [0.2, 0.25) is 0 Å². The molecule has 0 aromatic carbocycles. The molecule has 1 saturated carbocycles. The SMILES string of the molecule is CCCCOC(=O)NCc1cc2nc(-c3cncc(C4CC4)n3)ccc2cn1. The first-order valence-electron chi connectivity index (χ1n) is 9.71. The van der Waals surface area contributed by atoms with E-state index in [2.05, 4.69) is 22.2 Å². The van der Waals surface area contributed by atoms with Crippen LogP contribution in [0.4, 0.5) is 4.79 Å². The molecule has 0 bridgehead atoms. The Balaban J connectivity index is 1.49. The van der Waals surface area contributed by atoms with Gasteiger partial charge in [0.25, 0.3) is 0 Å². The minimum absolute atomic E-state index is 0.295. The van der Waals surface area contributed by atoms with Crippen molar-refractivity contribution in [3.8, 4) is 11.4 Å². The van der Waals surface area contributed by atoms with Gasteiger partial charge in [0.1, 0.15) is 5.69 Å². The summed E-state index contributed by atoms with van der Waals surface area (Å²) in [5.74, 6) is 0.548. The highest BCUT2D eigenvalue weighted by Crippen LogP contribution is 2.39. The van der Waals surface area contributed by atoms with Gasteiger partial charge in [0.05, 0.1) is 41.9 Å². The predicted octanol–water partition coefficient (Wildman–Crippen LogP) is 3.99. The normalized spacial score (nSPS) is 13.5. The van der Waals surface area contributed by atoms with E-state index in [0.717, 1.165) is 46.5 Å². The molecule has 1 N–H and O–H groups in total. The van der Waals surface area contributed by atoms with E-state index in [1.54, 1.807) is 12.4 Å². The van der Waals surface area contributed by atoms with Crippen LogP contribution in [-0.4, -0.2) is 32.6 Å². The van der Waals surface area contributed by atoms with Crippen LogP contribution < -0.4 is 5.32 Å². The number of unbranched alkanes of at least 4 members (excludes halogenated alkanes) is 1. The van der Waals surface area contributed by atoms with Gasteiger partial charge in [-0.1, -0.05) is 13.3 Å². The van der Waals surface area contributed by atoms with E-state index in [1.165, 1.54) is 12.8 Å². The molecule has 3 aromatic rings. The second kappa shape index (κ2) is 8.29. The number of carbonyl (C=O) groups is 1. The van der Waals surface area contributed by atoms with Crippen LogP contribution in [0.25, 0.3) is 22.3 Å². The average molecular weight is 377 g/mol. The zero-order valence-corrected chi connectivity index (χ0v) is 15.9. The fraction of sp³-hybridized carbons (Fsp3) is 0.381. The third kappa shape index (κ3) is 4.42. The molecule has 144 valence electrons. The van der Waals surface area contributed by atoms with Gasteiger partial charge >= 0.3 is 6.09 Å². The summed E-state index contributed by atoms with van der Waals surface area (Å²) < 4.78 is 5.10. The van der Waals surface area contributed by atoms with E-state index in [0.29, 0.717) is 19.1 Å². The molecule has 3 heterocycles. The lowest BCUT2D eigenvalue weighted by atomic mass is 10.2.